The monoisotopic (exact) mass is 609 g/mol. The van der Waals surface area contributed by atoms with E-state index in [9.17, 15) is 0 Å². The van der Waals surface area contributed by atoms with Gasteiger partial charge in [0.15, 0.2) is 0 Å². The minimum absolute atomic E-state index is 0. The maximum Gasteiger partial charge on any atom is 2.00 e. The summed E-state index contributed by atoms with van der Waals surface area (Å²) in [5.74, 6) is 0. The zero-order valence-corrected chi connectivity index (χ0v) is 21.2. The molecule has 31 heavy (non-hydrogen) atoms. The minimum Gasteiger partial charge on any atom is -0.780 e. The van der Waals surface area contributed by atoms with E-state index in [1.54, 1.807) is 0 Å². The fourth-order valence-electron chi connectivity index (χ4n) is 3.18. The SMILES string of the molecule is CCc1n[n-]c(-c2cccc(C(C)(C)c3ccccn3)n2)c1C.[Pt+2].[S-]c1ccccc1. The minimum atomic E-state index is -0.265. The average molecular weight is 610 g/mol. The van der Waals surface area contributed by atoms with Crippen LogP contribution in [0.25, 0.3) is 11.4 Å². The number of nitrogens with zero attached hydrogens (tertiary/aromatic N) is 4. The summed E-state index contributed by atoms with van der Waals surface area (Å²) in [5, 5.41) is 8.58. The molecule has 3 aromatic heterocycles. The van der Waals surface area contributed by atoms with E-state index in [1.165, 1.54) is 0 Å². The van der Waals surface area contributed by atoms with E-state index in [0.29, 0.717) is 0 Å². The molecule has 0 aliphatic carbocycles. The van der Waals surface area contributed by atoms with Crippen LogP contribution in [0.1, 0.15) is 43.4 Å². The quantitative estimate of drug-likeness (QED) is 0.295. The fraction of sp³-hybridized carbons (Fsp3) is 0.240. The van der Waals surface area contributed by atoms with Crippen molar-refractivity contribution in [3.8, 4) is 11.4 Å². The van der Waals surface area contributed by atoms with Gasteiger partial charge >= 0.3 is 21.1 Å². The van der Waals surface area contributed by atoms with Crippen LogP contribution in [0.3, 0.4) is 0 Å². The number of hydrogen-bond donors (Lipinski definition) is 0. The van der Waals surface area contributed by atoms with Gasteiger partial charge in [0, 0.05) is 23.0 Å². The second-order valence-electron chi connectivity index (χ2n) is 7.53. The van der Waals surface area contributed by atoms with Crippen LogP contribution in [0.2, 0.25) is 0 Å². The Hall–Kier alpha value is -2.36. The predicted octanol–water partition coefficient (Wildman–Crippen LogP) is 5.28. The Morgan fingerprint density at radius 2 is 1.58 bits per heavy atom. The van der Waals surface area contributed by atoms with Gasteiger partial charge in [-0.15, -0.1) is 0 Å². The van der Waals surface area contributed by atoms with Crippen molar-refractivity contribution < 1.29 is 21.1 Å². The molecule has 6 heteroatoms. The largest absolute Gasteiger partial charge is 2.00 e. The van der Waals surface area contributed by atoms with Crippen molar-refractivity contribution in [1.29, 1.82) is 0 Å². The number of benzene rings is 1. The summed E-state index contributed by atoms with van der Waals surface area (Å²) in [6, 6.07) is 21.7. The van der Waals surface area contributed by atoms with Crippen LogP contribution in [0.15, 0.2) is 77.8 Å². The van der Waals surface area contributed by atoms with Crippen LogP contribution in [0.4, 0.5) is 0 Å². The molecule has 0 saturated carbocycles. The van der Waals surface area contributed by atoms with Gasteiger partial charge in [0.2, 0.25) is 0 Å². The van der Waals surface area contributed by atoms with Crippen molar-refractivity contribution in [3.63, 3.8) is 0 Å². The Balaban J connectivity index is 0.000000364. The molecule has 0 atom stereocenters. The van der Waals surface area contributed by atoms with E-state index in [1.807, 2.05) is 72.9 Å². The molecule has 0 saturated heterocycles. The number of hydrogen-bond acceptors (Lipinski definition) is 4. The first-order valence-electron chi connectivity index (χ1n) is 10.0. The topological polar surface area (TPSA) is 52.8 Å². The van der Waals surface area contributed by atoms with E-state index in [4.69, 9.17) is 17.6 Å². The Labute approximate surface area is 204 Å². The molecule has 0 aliphatic rings. The van der Waals surface area contributed by atoms with Gasteiger partial charge in [-0.1, -0.05) is 55.1 Å². The summed E-state index contributed by atoms with van der Waals surface area (Å²) >= 11 is 4.81. The van der Waals surface area contributed by atoms with E-state index in [2.05, 4.69) is 42.9 Å². The van der Waals surface area contributed by atoms with Gasteiger partial charge in [0.05, 0.1) is 11.4 Å². The molecule has 0 radical (unpaired) electrons. The molecule has 0 spiro atoms. The first-order valence-corrected chi connectivity index (χ1v) is 10.4. The van der Waals surface area contributed by atoms with E-state index in [0.717, 1.165) is 45.3 Å². The van der Waals surface area contributed by atoms with Gasteiger partial charge in [-0.2, -0.15) is 4.90 Å². The molecule has 162 valence electrons. The Morgan fingerprint density at radius 1 is 0.903 bits per heavy atom. The second kappa shape index (κ2) is 11.3. The first kappa shape index (κ1) is 24.9. The van der Waals surface area contributed by atoms with E-state index >= 15 is 0 Å². The summed E-state index contributed by atoms with van der Waals surface area (Å²) < 4.78 is 0. The van der Waals surface area contributed by atoms with Crippen molar-refractivity contribution in [1.82, 2.24) is 20.2 Å². The smallest absolute Gasteiger partial charge is 0.780 e. The normalized spacial score (nSPS) is 10.6. The summed E-state index contributed by atoms with van der Waals surface area (Å²) in [6.07, 6.45) is 2.71. The van der Waals surface area contributed by atoms with Gasteiger partial charge in [-0.3, -0.25) is 9.97 Å². The summed E-state index contributed by atoms with van der Waals surface area (Å²) in [6.45, 7) is 8.44. The molecular weight excluding hydrogens is 583 g/mol. The second-order valence-corrected chi connectivity index (χ2v) is 8.01. The Bertz CT molecular complexity index is 1080. The molecule has 3 heterocycles. The summed E-state index contributed by atoms with van der Waals surface area (Å²) in [4.78, 5) is 10.3. The van der Waals surface area contributed by atoms with Crippen LogP contribution in [0, 0.1) is 6.92 Å². The number of pyridine rings is 2. The van der Waals surface area contributed by atoms with Gasteiger partial charge in [0.1, 0.15) is 0 Å². The van der Waals surface area contributed by atoms with Crippen LogP contribution >= 0.6 is 0 Å². The van der Waals surface area contributed by atoms with Gasteiger partial charge in [-0.25, -0.2) is 0 Å². The predicted molar refractivity (Wildman–Crippen MR) is 123 cm³/mol. The third-order valence-electron chi connectivity index (χ3n) is 5.07. The third kappa shape index (κ3) is 6.09. The average Bonchev–Trinajstić information content (AvgIpc) is 3.16. The van der Waals surface area contributed by atoms with Crippen molar-refractivity contribution in [2.75, 3.05) is 0 Å². The van der Waals surface area contributed by atoms with Crippen LogP contribution in [-0.4, -0.2) is 15.1 Å². The van der Waals surface area contributed by atoms with E-state index < -0.39 is 0 Å². The molecule has 0 aliphatic heterocycles. The van der Waals surface area contributed by atoms with Crippen LogP contribution in [0.5, 0.6) is 0 Å². The standard InChI is InChI=1S/C19H21N4.C6H6S.Pt/c1-5-14-13(2)18(23-22-14)15-9-8-11-17(21-15)19(3,4)16-10-6-7-12-20-16;7-6-4-2-1-3-5-6;/h6-12H,5H2,1-4H3;1-5,7H;/q-1;;+2/p-1. The Morgan fingerprint density at radius 3 is 2.13 bits per heavy atom. The zero-order valence-electron chi connectivity index (χ0n) is 18.1. The van der Waals surface area contributed by atoms with Crippen LogP contribution in [-0.2, 0) is 45.5 Å². The van der Waals surface area contributed by atoms with Crippen LogP contribution < -0.4 is 5.10 Å². The number of aromatic nitrogens is 4. The molecule has 0 amide bonds. The molecule has 1 aromatic carbocycles. The van der Waals surface area contributed by atoms with Gasteiger partial charge in [0.25, 0.3) is 0 Å². The van der Waals surface area contributed by atoms with Gasteiger partial charge < -0.3 is 22.8 Å². The van der Waals surface area contributed by atoms with Crippen molar-refractivity contribution in [2.45, 2.75) is 44.4 Å². The maximum absolute atomic E-state index is 4.86. The fourth-order valence-corrected chi connectivity index (χ4v) is 3.33. The molecule has 0 N–H and O–H groups in total. The third-order valence-corrected chi connectivity index (χ3v) is 5.35. The molecule has 4 rings (SSSR count). The van der Waals surface area contributed by atoms with Crippen molar-refractivity contribution in [3.05, 3.63) is 95.6 Å². The maximum atomic E-state index is 4.86. The zero-order chi connectivity index (χ0) is 21.6. The first-order chi connectivity index (χ1) is 14.4. The Kier molecular flexibility index (Phi) is 9.09. The van der Waals surface area contributed by atoms with Crippen molar-refractivity contribution in [2.24, 2.45) is 0 Å². The molecular formula is C25H26N4PtS. The number of aryl methyl sites for hydroxylation is 1. The summed E-state index contributed by atoms with van der Waals surface area (Å²) in [7, 11) is 0. The van der Waals surface area contributed by atoms with Gasteiger partial charge in [-0.05, 0) is 57.0 Å². The molecule has 0 unspecified atom stereocenters. The van der Waals surface area contributed by atoms with Crippen molar-refractivity contribution >= 4 is 12.6 Å². The molecule has 4 aromatic rings. The number of rotatable bonds is 4. The summed E-state index contributed by atoms with van der Waals surface area (Å²) in [5.41, 5.74) is 5.62. The molecule has 0 bridgehead atoms. The van der Waals surface area contributed by atoms with E-state index in [-0.39, 0.29) is 26.5 Å². The molecule has 4 nitrogen and oxygen atoms in total. The molecule has 0 fully saturated rings.